The fourth-order valence-corrected chi connectivity index (χ4v) is 2.21. The van der Waals surface area contributed by atoms with Crippen molar-refractivity contribution in [3.8, 4) is 5.69 Å². The molecule has 0 amide bonds. The van der Waals surface area contributed by atoms with Crippen LogP contribution in [0.4, 0.5) is 0 Å². The highest BCUT2D eigenvalue weighted by molar-refractivity contribution is 6.31. The summed E-state index contributed by atoms with van der Waals surface area (Å²) in [5, 5.41) is 13.7. The van der Waals surface area contributed by atoms with Crippen LogP contribution >= 0.6 is 11.6 Å². The molecule has 1 aromatic heterocycles. The van der Waals surface area contributed by atoms with Crippen LogP contribution in [0, 0.1) is 12.3 Å². The van der Waals surface area contributed by atoms with Crippen LogP contribution in [0.25, 0.3) is 5.69 Å². The molecule has 0 aliphatic rings. The highest BCUT2D eigenvalue weighted by Gasteiger charge is 2.27. The molecule has 0 fully saturated rings. The fourth-order valence-electron chi connectivity index (χ4n) is 2.03. The maximum atomic E-state index is 12.5. The first-order chi connectivity index (χ1) is 11.0. The fraction of sp³-hybridized carbons (Fsp3) is 0.294. The van der Waals surface area contributed by atoms with E-state index in [0.29, 0.717) is 10.7 Å². The Labute approximate surface area is 143 Å². The average Bonchev–Trinajstić information content (AvgIpc) is 2.48. The molecule has 0 unspecified atom stereocenters. The van der Waals surface area contributed by atoms with Gasteiger partial charge in [0.15, 0.2) is 5.78 Å². The first kappa shape index (κ1) is 17.9. The Hall–Kier alpha value is -2.47. The van der Waals surface area contributed by atoms with Crippen LogP contribution in [-0.2, 0) is 0 Å². The Morgan fingerprint density at radius 3 is 2.33 bits per heavy atom. The summed E-state index contributed by atoms with van der Waals surface area (Å²) in [6.07, 6.45) is 0. The Bertz CT molecular complexity index is 894. The number of hydrogen-bond donors (Lipinski definition) is 1. The zero-order chi connectivity index (χ0) is 18.2. The summed E-state index contributed by atoms with van der Waals surface area (Å²) < 4.78 is 0.897. The van der Waals surface area contributed by atoms with Crippen LogP contribution in [0.3, 0.4) is 0 Å². The van der Waals surface area contributed by atoms with E-state index >= 15 is 0 Å². The van der Waals surface area contributed by atoms with Gasteiger partial charge in [-0.2, -0.15) is 9.78 Å². The molecular formula is C17H17ClN2O4. The van der Waals surface area contributed by atoms with Gasteiger partial charge in [0.2, 0.25) is 0 Å². The third kappa shape index (κ3) is 3.38. The van der Waals surface area contributed by atoms with Crippen LogP contribution in [0.2, 0.25) is 5.02 Å². The van der Waals surface area contributed by atoms with Crippen molar-refractivity contribution in [3.63, 3.8) is 0 Å². The van der Waals surface area contributed by atoms with Gasteiger partial charge in [-0.15, -0.1) is 0 Å². The van der Waals surface area contributed by atoms with Crippen molar-refractivity contribution in [2.75, 3.05) is 0 Å². The summed E-state index contributed by atoms with van der Waals surface area (Å²) in [4.78, 5) is 36.2. The number of rotatable bonds is 3. The van der Waals surface area contributed by atoms with E-state index in [0.717, 1.165) is 16.3 Å². The van der Waals surface area contributed by atoms with Gasteiger partial charge in [-0.25, -0.2) is 4.79 Å². The van der Waals surface area contributed by atoms with Gasteiger partial charge in [-0.1, -0.05) is 38.4 Å². The van der Waals surface area contributed by atoms with Gasteiger partial charge >= 0.3 is 5.97 Å². The van der Waals surface area contributed by atoms with Gasteiger partial charge in [-0.3, -0.25) is 9.59 Å². The lowest BCUT2D eigenvalue weighted by molar-refractivity contribution is 0.0694. The number of carbonyl (C=O) groups excluding carboxylic acids is 1. The second-order valence-electron chi connectivity index (χ2n) is 6.48. The highest BCUT2D eigenvalue weighted by Crippen LogP contribution is 2.21. The number of aryl methyl sites for hydroxylation is 1. The number of benzene rings is 1. The summed E-state index contributed by atoms with van der Waals surface area (Å²) >= 11 is 6.07. The number of carboxylic acids is 1. The van der Waals surface area contributed by atoms with Crippen molar-refractivity contribution in [1.29, 1.82) is 0 Å². The van der Waals surface area contributed by atoms with Gasteiger partial charge in [-0.05, 0) is 30.7 Å². The second-order valence-corrected chi connectivity index (χ2v) is 6.89. The minimum Gasteiger partial charge on any atom is -0.477 e. The predicted octanol–water partition coefficient (Wildman–Crippen LogP) is 3.12. The highest BCUT2D eigenvalue weighted by atomic mass is 35.5. The largest absolute Gasteiger partial charge is 0.477 e. The van der Waals surface area contributed by atoms with Crippen molar-refractivity contribution in [2.45, 2.75) is 27.7 Å². The van der Waals surface area contributed by atoms with Crippen LogP contribution in [0.1, 0.15) is 47.2 Å². The first-order valence-electron chi connectivity index (χ1n) is 7.21. The molecule has 0 spiro atoms. The number of ketones is 1. The van der Waals surface area contributed by atoms with Crippen LogP contribution in [0.5, 0.6) is 0 Å². The molecule has 0 bridgehead atoms. The van der Waals surface area contributed by atoms with Crippen molar-refractivity contribution >= 4 is 23.4 Å². The third-order valence-electron chi connectivity index (χ3n) is 3.46. The van der Waals surface area contributed by atoms with E-state index in [-0.39, 0.29) is 11.5 Å². The van der Waals surface area contributed by atoms with Crippen LogP contribution < -0.4 is 5.56 Å². The quantitative estimate of drug-likeness (QED) is 0.861. The standard InChI is InChI=1S/C17H17ClN2O4/c1-9-5-6-10(7-12(9)18)20-15(22)11(16(23)24)8-13(19-20)14(21)17(2,3)4/h5-8H,1-4H3,(H,23,24). The molecule has 2 rings (SSSR count). The minimum absolute atomic E-state index is 0.0869. The number of nitrogens with zero attached hydrogens (tertiary/aromatic N) is 2. The molecule has 24 heavy (non-hydrogen) atoms. The molecule has 0 saturated carbocycles. The summed E-state index contributed by atoms with van der Waals surface area (Å²) in [5.74, 6) is -1.78. The summed E-state index contributed by atoms with van der Waals surface area (Å²) in [7, 11) is 0. The monoisotopic (exact) mass is 348 g/mol. The normalized spacial score (nSPS) is 11.4. The molecule has 0 aliphatic carbocycles. The van der Waals surface area contributed by atoms with Crippen molar-refractivity contribution in [1.82, 2.24) is 9.78 Å². The Morgan fingerprint density at radius 1 is 1.21 bits per heavy atom. The number of Topliss-reactive ketones (excluding diaryl/α,β-unsaturated/α-hetero) is 1. The molecule has 0 radical (unpaired) electrons. The maximum Gasteiger partial charge on any atom is 0.341 e. The van der Waals surface area contributed by atoms with E-state index in [1.54, 1.807) is 39.8 Å². The van der Waals surface area contributed by atoms with E-state index in [4.69, 9.17) is 11.6 Å². The third-order valence-corrected chi connectivity index (χ3v) is 3.86. The van der Waals surface area contributed by atoms with Gasteiger partial charge in [0.1, 0.15) is 11.3 Å². The molecular weight excluding hydrogens is 332 g/mol. The molecule has 126 valence electrons. The molecule has 1 aromatic carbocycles. The minimum atomic E-state index is -1.42. The number of halogens is 1. The Kier molecular flexibility index (Phi) is 4.62. The van der Waals surface area contributed by atoms with Crippen LogP contribution in [0.15, 0.2) is 29.1 Å². The van der Waals surface area contributed by atoms with E-state index < -0.39 is 22.5 Å². The van der Waals surface area contributed by atoms with Gasteiger partial charge < -0.3 is 5.11 Å². The first-order valence-corrected chi connectivity index (χ1v) is 7.59. The molecule has 6 nitrogen and oxygen atoms in total. The summed E-state index contributed by atoms with van der Waals surface area (Å²) in [6, 6.07) is 5.80. The molecule has 0 atom stereocenters. The van der Waals surface area contributed by atoms with Gasteiger partial charge in [0, 0.05) is 10.4 Å². The Morgan fingerprint density at radius 2 is 1.83 bits per heavy atom. The number of hydrogen-bond acceptors (Lipinski definition) is 4. The van der Waals surface area contributed by atoms with Crippen LogP contribution in [-0.4, -0.2) is 26.6 Å². The molecule has 1 N–H and O–H groups in total. The summed E-state index contributed by atoms with van der Waals surface area (Å²) in [5.41, 5.74) is -1.11. The number of carboxylic acid groups (broad SMARTS) is 1. The lowest BCUT2D eigenvalue weighted by atomic mass is 9.88. The Balaban J connectivity index is 2.77. The SMILES string of the molecule is Cc1ccc(-n2nc(C(=O)C(C)(C)C)cc(C(=O)O)c2=O)cc1Cl. The number of carbonyl (C=O) groups is 2. The van der Waals surface area contributed by atoms with Crippen molar-refractivity contribution in [3.05, 3.63) is 56.5 Å². The van der Waals surface area contributed by atoms with E-state index in [1.807, 2.05) is 0 Å². The average molecular weight is 349 g/mol. The molecule has 0 aliphatic heterocycles. The number of aromatic nitrogens is 2. The topological polar surface area (TPSA) is 89.3 Å². The lowest BCUT2D eigenvalue weighted by Crippen LogP contribution is -2.31. The van der Waals surface area contributed by atoms with E-state index in [2.05, 4.69) is 5.10 Å². The molecule has 7 heteroatoms. The molecule has 2 aromatic rings. The maximum absolute atomic E-state index is 12.5. The zero-order valence-electron chi connectivity index (χ0n) is 13.8. The lowest BCUT2D eigenvalue weighted by Gasteiger charge is -2.17. The van der Waals surface area contributed by atoms with Gasteiger partial charge in [0.25, 0.3) is 5.56 Å². The smallest absolute Gasteiger partial charge is 0.341 e. The predicted molar refractivity (Wildman–Crippen MR) is 90.3 cm³/mol. The van der Waals surface area contributed by atoms with Gasteiger partial charge in [0.05, 0.1) is 5.69 Å². The molecule has 1 heterocycles. The zero-order valence-corrected chi connectivity index (χ0v) is 14.5. The van der Waals surface area contributed by atoms with Crippen molar-refractivity contribution in [2.24, 2.45) is 5.41 Å². The van der Waals surface area contributed by atoms with Crippen molar-refractivity contribution < 1.29 is 14.7 Å². The summed E-state index contributed by atoms with van der Waals surface area (Å²) in [6.45, 7) is 6.87. The van der Waals surface area contributed by atoms with E-state index in [1.165, 1.54) is 6.07 Å². The number of aromatic carboxylic acids is 1. The molecule has 0 saturated heterocycles. The van der Waals surface area contributed by atoms with E-state index in [9.17, 15) is 19.5 Å². The second kappa shape index (κ2) is 6.20.